The van der Waals surface area contributed by atoms with Crippen molar-refractivity contribution in [2.45, 2.75) is 57.2 Å². The standard InChI is InChI=1S/C12H23N3O/c1-3-6-15(12(16)13-2)11-7-9-4-5-10(8-11)14-9/h9-11,14H,3-8H2,1-2H3,(H,13,16). The van der Waals surface area contributed by atoms with Gasteiger partial charge < -0.3 is 15.5 Å². The predicted octanol–water partition coefficient (Wildman–Crippen LogP) is 1.32. The highest BCUT2D eigenvalue weighted by molar-refractivity contribution is 5.74. The number of hydrogen-bond donors (Lipinski definition) is 2. The third-order valence-corrected chi connectivity index (χ3v) is 3.83. The third-order valence-electron chi connectivity index (χ3n) is 3.83. The number of rotatable bonds is 3. The van der Waals surface area contributed by atoms with E-state index in [1.165, 1.54) is 12.8 Å². The molecule has 0 spiro atoms. The number of nitrogens with one attached hydrogen (secondary N) is 2. The van der Waals surface area contributed by atoms with Crippen molar-refractivity contribution in [3.63, 3.8) is 0 Å². The molecule has 4 heteroatoms. The number of nitrogens with zero attached hydrogens (tertiary/aromatic N) is 1. The quantitative estimate of drug-likeness (QED) is 0.761. The molecule has 2 rings (SSSR count). The van der Waals surface area contributed by atoms with Crippen LogP contribution in [-0.4, -0.2) is 42.6 Å². The molecule has 2 N–H and O–H groups in total. The van der Waals surface area contributed by atoms with Gasteiger partial charge in [0.05, 0.1) is 0 Å². The van der Waals surface area contributed by atoms with Gasteiger partial charge in [-0.1, -0.05) is 6.92 Å². The van der Waals surface area contributed by atoms with Crippen LogP contribution in [0.5, 0.6) is 0 Å². The van der Waals surface area contributed by atoms with E-state index in [1.807, 2.05) is 4.90 Å². The second-order valence-corrected chi connectivity index (χ2v) is 5.01. The lowest BCUT2D eigenvalue weighted by Crippen LogP contribution is -2.52. The summed E-state index contributed by atoms with van der Waals surface area (Å²) in [5.74, 6) is 0. The average molecular weight is 225 g/mol. The van der Waals surface area contributed by atoms with Gasteiger partial charge in [-0.25, -0.2) is 4.79 Å². The predicted molar refractivity (Wildman–Crippen MR) is 64.4 cm³/mol. The number of carbonyl (C=O) groups excluding carboxylic acids is 1. The van der Waals surface area contributed by atoms with Gasteiger partial charge in [-0.05, 0) is 32.1 Å². The number of carbonyl (C=O) groups is 1. The molecule has 2 aliphatic rings. The van der Waals surface area contributed by atoms with E-state index < -0.39 is 0 Å². The molecule has 92 valence electrons. The van der Waals surface area contributed by atoms with E-state index in [2.05, 4.69) is 17.6 Å². The number of amides is 2. The zero-order valence-corrected chi connectivity index (χ0v) is 10.3. The van der Waals surface area contributed by atoms with Crippen molar-refractivity contribution >= 4 is 6.03 Å². The van der Waals surface area contributed by atoms with E-state index >= 15 is 0 Å². The number of piperidine rings is 1. The van der Waals surface area contributed by atoms with Crippen LogP contribution in [0.1, 0.15) is 39.0 Å². The van der Waals surface area contributed by atoms with Crippen LogP contribution in [0.3, 0.4) is 0 Å². The molecule has 2 bridgehead atoms. The second-order valence-electron chi connectivity index (χ2n) is 5.01. The van der Waals surface area contributed by atoms with Gasteiger partial charge in [-0.15, -0.1) is 0 Å². The largest absolute Gasteiger partial charge is 0.341 e. The van der Waals surface area contributed by atoms with Gasteiger partial charge in [0.15, 0.2) is 0 Å². The van der Waals surface area contributed by atoms with Gasteiger partial charge in [-0.2, -0.15) is 0 Å². The Balaban J connectivity index is 1.99. The Bertz CT molecular complexity index is 245. The Morgan fingerprint density at radius 3 is 2.50 bits per heavy atom. The summed E-state index contributed by atoms with van der Waals surface area (Å²) in [6.07, 6.45) is 5.87. The summed E-state index contributed by atoms with van der Waals surface area (Å²) in [6.45, 7) is 3.01. The second kappa shape index (κ2) is 5.04. The third kappa shape index (κ3) is 2.32. The molecule has 0 saturated carbocycles. The summed E-state index contributed by atoms with van der Waals surface area (Å²) in [6, 6.07) is 1.83. The highest BCUT2D eigenvalue weighted by Gasteiger charge is 2.37. The van der Waals surface area contributed by atoms with Crippen molar-refractivity contribution in [1.82, 2.24) is 15.5 Å². The van der Waals surface area contributed by atoms with Gasteiger partial charge in [0.2, 0.25) is 0 Å². The molecule has 2 amide bonds. The molecule has 0 aliphatic carbocycles. The van der Waals surface area contributed by atoms with Crippen molar-refractivity contribution in [1.29, 1.82) is 0 Å². The Kier molecular flexibility index (Phi) is 3.69. The van der Waals surface area contributed by atoms with Crippen LogP contribution in [0.2, 0.25) is 0 Å². The average Bonchev–Trinajstić information content (AvgIpc) is 2.64. The fourth-order valence-electron chi connectivity index (χ4n) is 3.12. The van der Waals surface area contributed by atoms with Crippen LogP contribution in [0, 0.1) is 0 Å². The first kappa shape index (κ1) is 11.7. The van der Waals surface area contributed by atoms with E-state index in [-0.39, 0.29) is 6.03 Å². The molecule has 4 nitrogen and oxygen atoms in total. The van der Waals surface area contributed by atoms with Gasteiger partial charge in [0.25, 0.3) is 0 Å². The van der Waals surface area contributed by atoms with Crippen molar-refractivity contribution in [2.24, 2.45) is 0 Å². The summed E-state index contributed by atoms with van der Waals surface area (Å²) >= 11 is 0. The molecule has 0 aromatic rings. The Morgan fingerprint density at radius 1 is 1.38 bits per heavy atom. The van der Waals surface area contributed by atoms with Gasteiger partial charge in [-0.3, -0.25) is 0 Å². The molecule has 2 saturated heterocycles. The molecule has 2 heterocycles. The minimum Gasteiger partial charge on any atom is -0.341 e. The van der Waals surface area contributed by atoms with Crippen LogP contribution < -0.4 is 10.6 Å². The first-order valence-corrected chi connectivity index (χ1v) is 6.49. The van der Waals surface area contributed by atoms with Crippen LogP contribution >= 0.6 is 0 Å². The molecule has 2 aliphatic heterocycles. The smallest absolute Gasteiger partial charge is 0.317 e. The molecule has 0 aromatic carbocycles. The van der Waals surface area contributed by atoms with E-state index in [9.17, 15) is 4.79 Å². The van der Waals surface area contributed by atoms with Gasteiger partial charge >= 0.3 is 6.03 Å². The fourth-order valence-corrected chi connectivity index (χ4v) is 3.12. The molecule has 0 aromatic heterocycles. The van der Waals surface area contributed by atoms with Crippen molar-refractivity contribution in [2.75, 3.05) is 13.6 Å². The lowest BCUT2D eigenvalue weighted by atomic mass is 9.98. The first-order chi connectivity index (χ1) is 7.74. The maximum absolute atomic E-state index is 11.8. The summed E-state index contributed by atoms with van der Waals surface area (Å²) in [4.78, 5) is 13.9. The van der Waals surface area contributed by atoms with Crippen LogP contribution in [0.25, 0.3) is 0 Å². The summed E-state index contributed by atoms with van der Waals surface area (Å²) in [5.41, 5.74) is 0. The zero-order valence-electron chi connectivity index (χ0n) is 10.3. The number of hydrogen-bond acceptors (Lipinski definition) is 2. The normalized spacial score (nSPS) is 32.5. The van der Waals surface area contributed by atoms with Crippen LogP contribution in [0.15, 0.2) is 0 Å². The summed E-state index contributed by atoms with van der Waals surface area (Å²) < 4.78 is 0. The van der Waals surface area contributed by atoms with Crippen molar-refractivity contribution in [3.8, 4) is 0 Å². The van der Waals surface area contributed by atoms with Gasteiger partial charge in [0, 0.05) is 31.7 Å². The van der Waals surface area contributed by atoms with E-state index in [1.54, 1.807) is 7.05 Å². The maximum atomic E-state index is 11.8. The van der Waals surface area contributed by atoms with E-state index in [0.29, 0.717) is 18.1 Å². The van der Waals surface area contributed by atoms with E-state index in [4.69, 9.17) is 0 Å². The molecular weight excluding hydrogens is 202 g/mol. The molecular formula is C12H23N3O. The molecule has 16 heavy (non-hydrogen) atoms. The number of fused-ring (bicyclic) bond motifs is 2. The molecule has 2 atom stereocenters. The Morgan fingerprint density at radius 2 is 2.00 bits per heavy atom. The molecule has 0 radical (unpaired) electrons. The van der Waals surface area contributed by atoms with Crippen molar-refractivity contribution < 1.29 is 4.79 Å². The molecule has 2 fully saturated rings. The molecule has 2 unspecified atom stereocenters. The van der Waals surface area contributed by atoms with Crippen LogP contribution in [-0.2, 0) is 0 Å². The zero-order chi connectivity index (χ0) is 11.5. The highest BCUT2D eigenvalue weighted by Crippen LogP contribution is 2.29. The fraction of sp³-hybridized carbons (Fsp3) is 0.917. The van der Waals surface area contributed by atoms with Gasteiger partial charge in [0.1, 0.15) is 0 Å². The Hall–Kier alpha value is -0.770. The lowest BCUT2D eigenvalue weighted by Gasteiger charge is -2.37. The minimum atomic E-state index is 0.0909. The number of urea groups is 1. The highest BCUT2D eigenvalue weighted by atomic mass is 16.2. The minimum absolute atomic E-state index is 0.0909. The van der Waals surface area contributed by atoms with Crippen molar-refractivity contribution in [3.05, 3.63) is 0 Å². The summed E-state index contributed by atoms with van der Waals surface area (Å²) in [7, 11) is 1.72. The lowest BCUT2D eigenvalue weighted by molar-refractivity contribution is 0.148. The van der Waals surface area contributed by atoms with E-state index in [0.717, 1.165) is 25.8 Å². The monoisotopic (exact) mass is 225 g/mol. The summed E-state index contributed by atoms with van der Waals surface area (Å²) in [5, 5.41) is 6.38. The Labute approximate surface area is 97.8 Å². The topological polar surface area (TPSA) is 44.4 Å². The van der Waals surface area contributed by atoms with Crippen LogP contribution in [0.4, 0.5) is 4.79 Å². The maximum Gasteiger partial charge on any atom is 0.317 e. The first-order valence-electron chi connectivity index (χ1n) is 6.49. The SMILES string of the molecule is CCCN(C(=O)NC)C1CC2CCC(C1)N2.